The molecule has 1 rings (SSSR count). The standard InChI is InChI=1S/C8H12N2.C4H4O4/c1-2-7(9)8-5-3-4-6-10-8;5-3(6)1-2-4(7)8/h3-7H,2,9H2,1H3;1-2H,(H,5,6)(H,7,8). The van der Waals surface area contributed by atoms with Crippen LogP contribution >= 0.6 is 0 Å². The van der Waals surface area contributed by atoms with Gasteiger partial charge in [-0.25, -0.2) is 9.59 Å². The van der Waals surface area contributed by atoms with Crippen LogP contribution in [0.2, 0.25) is 0 Å². The van der Waals surface area contributed by atoms with E-state index in [1.54, 1.807) is 6.20 Å². The second-order valence-corrected chi connectivity index (χ2v) is 3.28. The van der Waals surface area contributed by atoms with E-state index in [0.717, 1.165) is 12.1 Å². The van der Waals surface area contributed by atoms with Gasteiger partial charge >= 0.3 is 11.9 Å². The minimum Gasteiger partial charge on any atom is -0.478 e. The van der Waals surface area contributed by atoms with E-state index in [1.807, 2.05) is 18.2 Å². The van der Waals surface area contributed by atoms with E-state index in [0.29, 0.717) is 12.2 Å². The summed E-state index contributed by atoms with van der Waals surface area (Å²) in [6, 6.07) is 5.90. The summed E-state index contributed by atoms with van der Waals surface area (Å²) in [5.74, 6) is -2.51. The van der Waals surface area contributed by atoms with Crippen molar-refractivity contribution in [1.29, 1.82) is 0 Å². The van der Waals surface area contributed by atoms with Crippen LogP contribution in [-0.4, -0.2) is 27.1 Å². The van der Waals surface area contributed by atoms with E-state index >= 15 is 0 Å². The van der Waals surface area contributed by atoms with Gasteiger partial charge in [0.25, 0.3) is 0 Å². The number of aliphatic carboxylic acids is 2. The third-order valence-electron chi connectivity index (χ3n) is 1.88. The lowest BCUT2D eigenvalue weighted by atomic mass is 10.1. The Balaban J connectivity index is 0.000000331. The highest BCUT2D eigenvalue weighted by Gasteiger charge is 2.01. The smallest absolute Gasteiger partial charge is 0.328 e. The Bertz CT molecular complexity index is 388. The molecule has 0 saturated heterocycles. The molecule has 0 fully saturated rings. The summed E-state index contributed by atoms with van der Waals surface area (Å²) in [4.78, 5) is 23.2. The Hall–Kier alpha value is -2.21. The predicted octanol–water partition coefficient (Wildman–Crippen LogP) is 1.20. The van der Waals surface area contributed by atoms with Crippen LogP contribution < -0.4 is 5.73 Å². The van der Waals surface area contributed by atoms with E-state index in [1.165, 1.54) is 0 Å². The first-order chi connectivity index (χ1) is 8.47. The van der Waals surface area contributed by atoms with Gasteiger partial charge in [0.05, 0.1) is 5.69 Å². The molecule has 1 unspecified atom stereocenters. The number of pyridine rings is 1. The molecule has 0 aromatic carbocycles. The van der Waals surface area contributed by atoms with Gasteiger partial charge < -0.3 is 15.9 Å². The summed E-state index contributed by atoms with van der Waals surface area (Å²) in [5, 5.41) is 15.6. The average Bonchev–Trinajstić information content (AvgIpc) is 2.37. The van der Waals surface area contributed by atoms with Crippen LogP contribution in [0.5, 0.6) is 0 Å². The van der Waals surface area contributed by atoms with Gasteiger partial charge in [-0.2, -0.15) is 0 Å². The number of hydrogen-bond donors (Lipinski definition) is 3. The van der Waals surface area contributed by atoms with Crippen molar-refractivity contribution in [3.05, 3.63) is 42.2 Å². The Kier molecular flexibility index (Phi) is 7.80. The Morgan fingerprint density at radius 3 is 2.22 bits per heavy atom. The van der Waals surface area contributed by atoms with Gasteiger partial charge in [-0.1, -0.05) is 13.0 Å². The summed E-state index contributed by atoms with van der Waals surface area (Å²) in [7, 11) is 0. The van der Waals surface area contributed by atoms with Gasteiger partial charge in [0.2, 0.25) is 0 Å². The first-order valence-corrected chi connectivity index (χ1v) is 5.27. The van der Waals surface area contributed by atoms with E-state index in [4.69, 9.17) is 15.9 Å². The van der Waals surface area contributed by atoms with Crippen LogP contribution in [0.25, 0.3) is 0 Å². The SMILES string of the molecule is CCC(N)c1ccccn1.O=C(O)C=CC(=O)O. The highest BCUT2D eigenvalue weighted by molar-refractivity contribution is 5.89. The second kappa shape index (κ2) is 8.89. The maximum absolute atomic E-state index is 9.55. The fraction of sp³-hybridized carbons (Fsp3) is 0.250. The molecule has 0 bridgehead atoms. The highest BCUT2D eigenvalue weighted by atomic mass is 16.4. The monoisotopic (exact) mass is 252 g/mol. The molecule has 6 nitrogen and oxygen atoms in total. The van der Waals surface area contributed by atoms with Gasteiger partial charge in [0.15, 0.2) is 0 Å². The quantitative estimate of drug-likeness (QED) is 0.694. The summed E-state index contributed by atoms with van der Waals surface area (Å²) in [6.45, 7) is 2.05. The molecule has 98 valence electrons. The molecule has 0 saturated carbocycles. The maximum Gasteiger partial charge on any atom is 0.328 e. The Morgan fingerprint density at radius 2 is 1.89 bits per heavy atom. The molecule has 4 N–H and O–H groups in total. The van der Waals surface area contributed by atoms with Gasteiger partial charge in [-0.15, -0.1) is 0 Å². The molecule has 0 aliphatic heterocycles. The third kappa shape index (κ3) is 8.00. The number of hydrogen-bond acceptors (Lipinski definition) is 4. The van der Waals surface area contributed by atoms with Crippen LogP contribution in [0.1, 0.15) is 25.1 Å². The van der Waals surface area contributed by atoms with Crippen molar-refractivity contribution in [2.45, 2.75) is 19.4 Å². The number of carbonyl (C=O) groups is 2. The maximum atomic E-state index is 9.55. The van der Waals surface area contributed by atoms with Gasteiger partial charge in [-0.3, -0.25) is 4.98 Å². The minimum atomic E-state index is -1.26. The van der Waals surface area contributed by atoms with Crippen LogP contribution in [-0.2, 0) is 9.59 Å². The molecular formula is C12H16N2O4. The van der Waals surface area contributed by atoms with E-state index in [2.05, 4.69) is 11.9 Å². The van der Waals surface area contributed by atoms with Crippen LogP contribution in [0.4, 0.5) is 0 Å². The van der Waals surface area contributed by atoms with Crippen LogP contribution in [0.15, 0.2) is 36.5 Å². The molecule has 18 heavy (non-hydrogen) atoms. The minimum absolute atomic E-state index is 0.0983. The van der Waals surface area contributed by atoms with Crippen molar-refractivity contribution in [2.75, 3.05) is 0 Å². The highest BCUT2D eigenvalue weighted by Crippen LogP contribution is 2.08. The van der Waals surface area contributed by atoms with Crippen LogP contribution in [0.3, 0.4) is 0 Å². The summed E-state index contributed by atoms with van der Waals surface area (Å²) >= 11 is 0. The lowest BCUT2D eigenvalue weighted by Crippen LogP contribution is -2.09. The van der Waals surface area contributed by atoms with E-state index in [-0.39, 0.29) is 6.04 Å². The number of nitrogens with zero attached hydrogens (tertiary/aromatic N) is 1. The number of carboxylic acids is 2. The number of aromatic nitrogens is 1. The zero-order valence-electron chi connectivity index (χ0n) is 9.98. The topological polar surface area (TPSA) is 114 Å². The van der Waals surface area contributed by atoms with E-state index < -0.39 is 11.9 Å². The fourth-order valence-corrected chi connectivity index (χ4v) is 0.947. The third-order valence-corrected chi connectivity index (χ3v) is 1.88. The lowest BCUT2D eigenvalue weighted by molar-refractivity contribution is -0.134. The first-order valence-electron chi connectivity index (χ1n) is 5.27. The van der Waals surface area contributed by atoms with Crippen molar-refractivity contribution < 1.29 is 19.8 Å². The average molecular weight is 252 g/mol. The molecule has 0 aliphatic rings. The zero-order valence-corrected chi connectivity index (χ0v) is 9.98. The number of carboxylic acid groups (broad SMARTS) is 2. The van der Waals surface area contributed by atoms with Crippen molar-refractivity contribution >= 4 is 11.9 Å². The molecule has 0 aliphatic carbocycles. The first kappa shape index (κ1) is 15.8. The van der Waals surface area contributed by atoms with Crippen molar-refractivity contribution in [3.63, 3.8) is 0 Å². The van der Waals surface area contributed by atoms with Crippen molar-refractivity contribution in [1.82, 2.24) is 4.98 Å². The molecule has 0 radical (unpaired) electrons. The molecule has 1 aromatic rings. The Labute approximate surface area is 105 Å². The van der Waals surface area contributed by atoms with Crippen LogP contribution in [0, 0.1) is 0 Å². The Morgan fingerprint density at radius 1 is 1.33 bits per heavy atom. The van der Waals surface area contributed by atoms with Crippen molar-refractivity contribution in [3.8, 4) is 0 Å². The van der Waals surface area contributed by atoms with Gasteiger partial charge in [0, 0.05) is 24.4 Å². The summed E-state index contributed by atoms with van der Waals surface area (Å²) < 4.78 is 0. The largest absolute Gasteiger partial charge is 0.478 e. The normalized spacial score (nSPS) is 11.4. The summed E-state index contributed by atoms with van der Waals surface area (Å²) in [5.41, 5.74) is 6.71. The zero-order chi connectivity index (χ0) is 14.0. The molecule has 0 amide bonds. The lowest BCUT2D eigenvalue weighted by Gasteiger charge is -2.05. The van der Waals surface area contributed by atoms with Crippen molar-refractivity contribution in [2.24, 2.45) is 5.73 Å². The van der Waals surface area contributed by atoms with E-state index in [9.17, 15) is 9.59 Å². The number of rotatable bonds is 4. The summed E-state index contributed by atoms with van der Waals surface area (Å²) in [6.07, 6.45) is 3.83. The van der Waals surface area contributed by atoms with Gasteiger partial charge in [-0.05, 0) is 18.6 Å². The molecule has 0 spiro atoms. The molecular weight excluding hydrogens is 236 g/mol. The molecule has 1 aromatic heterocycles. The number of nitrogens with two attached hydrogens (primary N) is 1. The fourth-order valence-electron chi connectivity index (χ4n) is 0.947. The molecule has 1 heterocycles. The molecule has 6 heteroatoms. The predicted molar refractivity (Wildman–Crippen MR) is 65.9 cm³/mol. The second-order valence-electron chi connectivity index (χ2n) is 3.28. The van der Waals surface area contributed by atoms with Gasteiger partial charge in [0.1, 0.15) is 0 Å². The molecule has 1 atom stereocenters.